The number of likely N-dealkylation sites (tertiary alicyclic amines) is 1. The lowest BCUT2D eigenvalue weighted by atomic mass is 9.76. The zero-order valence-electron chi connectivity index (χ0n) is 22.0. The number of benzene rings is 3. The Hall–Kier alpha value is -4.34. The van der Waals surface area contributed by atoms with Crippen LogP contribution in [-0.4, -0.2) is 40.4 Å². The summed E-state index contributed by atoms with van der Waals surface area (Å²) in [7, 11) is 0. The summed E-state index contributed by atoms with van der Waals surface area (Å²) in [5.74, 6) is -1.51. The van der Waals surface area contributed by atoms with Crippen LogP contribution in [0.2, 0.25) is 5.02 Å². The topological polar surface area (TPSA) is 113 Å². The highest BCUT2D eigenvalue weighted by Gasteiger charge is 2.70. The summed E-state index contributed by atoms with van der Waals surface area (Å²) in [4.78, 5) is 47.0. The molecule has 3 amide bonds. The van der Waals surface area contributed by atoms with E-state index < -0.39 is 23.4 Å². The molecule has 4 aromatic rings. The third-order valence-electron chi connectivity index (χ3n) is 8.97. The number of hydrogen-bond donors (Lipinski definition) is 3. The second-order valence-corrected chi connectivity index (χ2v) is 11.6. The number of halogens is 1. The molecule has 206 valence electrons. The van der Waals surface area contributed by atoms with Gasteiger partial charge in [0.2, 0.25) is 24.5 Å². The molecular weight excluding hydrogens is 544 g/mol. The van der Waals surface area contributed by atoms with Gasteiger partial charge in [0.1, 0.15) is 5.54 Å². The van der Waals surface area contributed by atoms with E-state index in [1.54, 1.807) is 24.3 Å². The largest absolute Gasteiger partial charge is 0.454 e. The number of fused-ring (bicyclic) bond motifs is 6. The monoisotopic (exact) mass is 568 g/mol. The van der Waals surface area contributed by atoms with Crippen LogP contribution in [-0.2, 0) is 32.9 Å². The van der Waals surface area contributed by atoms with Crippen LogP contribution in [0.15, 0.2) is 60.8 Å². The summed E-state index contributed by atoms with van der Waals surface area (Å²) < 4.78 is 10.9. The molecule has 9 nitrogen and oxygen atoms in total. The van der Waals surface area contributed by atoms with Crippen molar-refractivity contribution >= 4 is 45.9 Å². The third-order valence-corrected chi connectivity index (χ3v) is 9.19. The van der Waals surface area contributed by atoms with Crippen LogP contribution in [0.4, 0.5) is 5.69 Å². The van der Waals surface area contributed by atoms with Crippen molar-refractivity contribution in [2.45, 2.75) is 31.5 Å². The maximum atomic E-state index is 14.3. The quantitative estimate of drug-likeness (QED) is 0.321. The molecule has 4 aliphatic heterocycles. The number of carbonyl (C=O) groups is 3. The van der Waals surface area contributed by atoms with Crippen LogP contribution in [0, 0.1) is 18.8 Å². The first-order valence-corrected chi connectivity index (χ1v) is 13.9. The van der Waals surface area contributed by atoms with Gasteiger partial charge in [-0.2, -0.15) is 0 Å². The fraction of sp³-hybridized carbons (Fsp3) is 0.258. The van der Waals surface area contributed by atoms with E-state index in [9.17, 15) is 14.4 Å². The van der Waals surface area contributed by atoms with E-state index in [-0.39, 0.29) is 31.1 Å². The highest BCUT2D eigenvalue weighted by Crippen LogP contribution is 2.54. The number of hydrogen-bond acceptors (Lipinski definition) is 6. The first-order chi connectivity index (χ1) is 19.8. The summed E-state index contributed by atoms with van der Waals surface area (Å²) in [6.45, 7) is 2.07. The van der Waals surface area contributed by atoms with Gasteiger partial charge >= 0.3 is 0 Å². The molecule has 5 heterocycles. The third kappa shape index (κ3) is 3.36. The lowest BCUT2D eigenvalue weighted by Crippen LogP contribution is -2.53. The number of para-hydroxylation sites is 1. The lowest BCUT2D eigenvalue weighted by Gasteiger charge is -2.29. The van der Waals surface area contributed by atoms with Gasteiger partial charge in [-0.25, -0.2) is 0 Å². The van der Waals surface area contributed by atoms with E-state index in [0.717, 1.165) is 27.6 Å². The van der Waals surface area contributed by atoms with E-state index in [2.05, 4.69) is 15.6 Å². The minimum atomic E-state index is -1.43. The standard InChI is InChI=1S/C31H25ClN4O5/c1-15-8-18(32)11-20-27(15)34-30(39)31(20)26-25(22(35-31)10-17-12-33-21-5-3-2-4-19(17)21)28(37)36(29(26)38)13-16-6-7-23-24(9-16)41-14-40-23/h2-9,11-12,22,25-26,33,35H,10,13-14H2,1H3,(H,34,39)/t22-,25+,26-,31+/m0/s1. The van der Waals surface area contributed by atoms with Crippen LogP contribution in [0.25, 0.3) is 10.9 Å². The van der Waals surface area contributed by atoms with Crippen molar-refractivity contribution in [1.29, 1.82) is 0 Å². The average molecular weight is 569 g/mol. The van der Waals surface area contributed by atoms with E-state index in [1.165, 1.54) is 4.90 Å². The summed E-state index contributed by atoms with van der Waals surface area (Å²) in [6.07, 6.45) is 2.38. The minimum Gasteiger partial charge on any atom is -0.454 e. The van der Waals surface area contributed by atoms with Gasteiger partial charge in [0, 0.05) is 39.4 Å². The van der Waals surface area contributed by atoms with Crippen molar-refractivity contribution in [1.82, 2.24) is 15.2 Å². The van der Waals surface area contributed by atoms with Gasteiger partial charge in [-0.1, -0.05) is 35.9 Å². The maximum absolute atomic E-state index is 14.3. The van der Waals surface area contributed by atoms with Gasteiger partial charge in [-0.3, -0.25) is 24.6 Å². The van der Waals surface area contributed by atoms with Gasteiger partial charge in [0.15, 0.2) is 11.5 Å². The Morgan fingerprint density at radius 3 is 2.73 bits per heavy atom. The molecule has 1 aromatic heterocycles. The molecule has 0 radical (unpaired) electrons. The van der Waals surface area contributed by atoms with Crippen molar-refractivity contribution in [2.75, 3.05) is 12.1 Å². The Morgan fingerprint density at radius 2 is 1.85 bits per heavy atom. The number of anilines is 1. The van der Waals surface area contributed by atoms with Crippen molar-refractivity contribution < 1.29 is 23.9 Å². The Kier molecular flexibility index (Phi) is 5.12. The van der Waals surface area contributed by atoms with Crippen LogP contribution < -0.4 is 20.1 Å². The molecule has 3 aromatic carbocycles. The molecule has 4 atom stereocenters. The molecule has 8 rings (SSSR count). The molecule has 4 aliphatic rings. The van der Waals surface area contributed by atoms with Crippen molar-refractivity contribution in [3.63, 3.8) is 0 Å². The van der Waals surface area contributed by atoms with Crippen molar-refractivity contribution in [2.24, 2.45) is 11.8 Å². The number of aryl methyl sites for hydroxylation is 1. The zero-order valence-corrected chi connectivity index (χ0v) is 22.7. The first-order valence-electron chi connectivity index (χ1n) is 13.5. The Bertz CT molecular complexity index is 1820. The second kappa shape index (κ2) is 8.58. The van der Waals surface area contributed by atoms with Gasteiger partial charge in [-0.15, -0.1) is 0 Å². The predicted molar refractivity (Wildman–Crippen MR) is 151 cm³/mol. The zero-order chi connectivity index (χ0) is 28.0. The molecule has 0 bridgehead atoms. The molecule has 2 fully saturated rings. The Balaban J connectivity index is 1.23. The van der Waals surface area contributed by atoms with Crippen LogP contribution in [0.1, 0.15) is 22.3 Å². The smallest absolute Gasteiger partial charge is 0.250 e. The Labute approximate surface area is 239 Å². The van der Waals surface area contributed by atoms with Gasteiger partial charge in [-0.05, 0) is 60.4 Å². The van der Waals surface area contributed by atoms with Crippen LogP contribution in [0.3, 0.4) is 0 Å². The number of nitrogens with zero attached hydrogens (tertiary/aromatic N) is 1. The van der Waals surface area contributed by atoms with Gasteiger partial charge < -0.3 is 19.8 Å². The lowest BCUT2D eigenvalue weighted by molar-refractivity contribution is -0.143. The molecule has 0 saturated carbocycles. The number of imide groups is 1. The first kappa shape index (κ1) is 24.5. The fourth-order valence-electron chi connectivity index (χ4n) is 7.18. The highest BCUT2D eigenvalue weighted by molar-refractivity contribution is 6.31. The summed E-state index contributed by atoms with van der Waals surface area (Å²) in [5, 5.41) is 8.02. The van der Waals surface area contributed by atoms with E-state index in [1.807, 2.05) is 43.5 Å². The number of nitrogens with one attached hydrogen (secondary N) is 3. The molecular formula is C31H25ClN4O5. The molecule has 41 heavy (non-hydrogen) atoms. The molecule has 10 heteroatoms. The number of aromatic amines is 1. The van der Waals surface area contributed by atoms with Crippen LogP contribution in [0.5, 0.6) is 11.5 Å². The number of H-pyrrole nitrogens is 1. The van der Waals surface area contributed by atoms with E-state index in [0.29, 0.717) is 34.2 Å². The number of rotatable bonds is 4. The minimum absolute atomic E-state index is 0.0697. The SMILES string of the molecule is Cc1cc(Cl)cc2c1NC(=O)[C@@]21N[C@@H](Cc2c[nH]c3ccccc23)[C@H]2C(=O)N(Cc3ccc4c(c3)OCO4)C(=O)[C@H]21. The molecule has 2 saturated heterocycles. The number of amides is 3. The summed E-state index contributed by atoms with van der Waals surface area (Å²) in [5.41, 5.74) is 3.33. The van der Waals surface area contributed by atoms with Crippen molar-refractivity contribution in [3.8, 4) is 11.5 Å². The van der Waals surface area contributed by atoms with E-state index in [4.69, 9.17) is 21.1 Å². The average Bonchev–Trinajstić information content (AvgIpc) is 3.75. The number of aromatic nitrogens is 1. The maximum Gasteiger partial charge on any atom is 0.250 e. The van der Waals surface area contributed by atoms with E-state index >= 15 is 0 Å². The van der Waals surface area contributed by atoms with Gasteiger partial charge in [0.25, 0.3) is 0 Å². The normalized spacial score (nSPS) is 25.9. The molecule has 0 unspecified atom stereocenters. The second-order valence-electron chi connectivity index (χ2n) is 11.2. The fourth-order valence-corrected chi connectivity index (χ4v) is 7.46. The van der Waals surface area contributed by atoms with Crippen molar-refractivity contribution in [3.05, 3.63) is 88.1 Å². The summed E-state index contributed by atoms with van der Waals surface area (Å²) in [6, 6.07) is 16.4. The predicted octanol–water partition coefficient (Wildman–Crippen LogP) is 4.02. The highest BCUT2D eigenvalue weighted by atomic mass is 35.5. The van der Waals surface area contributed by atoms with Gasteiger partial charge in [0.05, 0.1) is 18.4 Å². The number of ether oxygens (including phenoxy) is 2. The molecule has 3 N–H and O–H groups in total. The summed E-state index contributed by atoms with van der Waals surface area (Å²) >= 11 is 6.49. The molecule has 0 aliphatic carbocycles. The number of carbonyl (C=O) groups excluding carboxylic acids is 3. The molecule has 1 spiro atoms. The van der Waals surface area contributed by atoms with Crippen LogP contribution >= 0.6 is 11.6 Å². The Morgan fingerprint density at radius 1 is 1.02 bits per heavy atom.